The first-order valence-electron chi connectivity index (χ1n) is 5.07. The molecule has 3 N–H and O–H groups in total. The second-order valence-corrected chi connectivity index (χ2v) is 3.62. The predicted octanol–water partition coefficient (Wildman–Crippen LogP) is 0.837. The Morgan fingerprint density at radius 2 is 2.41 bits per heavy atom. The van der Waals surface area contributed by atoms with E-state index in [1.807, 2.05) is 6.07 Å². The number of nitrogens with zero attached hydrogens (tertiary/aromatic N) is 1. The molecule has 0 saturated carbocycles. The van der Waals surface area contributed by atoms with Gasteiger partial charge in [0, 0.05) is 13.7 Å². The Bertz CT molecular complexity index is 396. The average molecular weight is 253 g/mol. The summed E-state index contributed by atoms with van der Waals surface area (Å²) in [5.74, 6) is 0.203. The number of nitrogens with one attached hydrogen (secondary N) is 2. The van der Waals surface area contributed by atoms with Gasteiger partial charge in [0.15, 0.2) is 5.11 Å². The number of benzene rings is 1. The smallest absolute Gasteiger partial charge is 0.187 e. The lowest BCUT2D eigenvalue weighted by atomic mass is 10.2. The number of ether oxygens (including phenoxy) is 1. The normalized spacial score (nSPS) is 10.4. The van der Waals surface area contributed by atoms with Crippen molar-refractivity contribution in [1.82, 2.24) is 10.7 Å². The third-order valence-corrected chi connectivity index (χ3v) is 2.08. The molecule has 0 unspecified atom stereocenters. The van der Waals surface area contributed by atoms with E-state index in [0.29, 0.717) is 18.3 Å². The SMILES string of the molecule is COCCNC(=S)N/N=C/c1cccc(O)c1. The van der Waals surface area contributed by atoms with E-state index >= 15 is 0 Å². The molecule has 0 aliphatic carbocycles. The molecular formula is C11H15N3O2S. The standard InChI is InChI=1S/C11H15N3O2S/c1-16-6-5-12-11(17)14-13-8-9-3-2-4-10(15)7-9/h2-4,7-8,15H,5-6H2,1H3,(H2,12,14,17)/b13-8+. The monoisotopic (exact) mass is 253 g/mol. The van der Waals surface area contributed by atoms with E-state index in [4.69, 9.17) is 17.0 Å². The number of phenols is 1. The highest BCUT2D eigenvalue weighted by Gasteiger charge is 1.92. The van der Waals surface area contributed by atoms with E-state index in [-0.39, 0.29) is 5.75 Å². The summed E-state index contributed by atoms with van der Waals surface area (Å²) < 4.78 is 4.86. The van der Waals surface area contributed by atoms with Crippen LogP contribution in [0.4, 0.5) is 0 Å². The van der Waals surface area contributed by atoms with Crippen LogP contribution >= 0.6 is 12.2 Å². The molecule has 0 bridgehead atoms. The molecule has 0 heterocycles. The average Bonchev–Trinajstić information content (AvgIpc) is 2.29. The van der Waals surface area contributed by atoms with Crippen LogP contribution < -0.4 is 10.7 Å². The van der Waals surface area contributed by atoms with Crippen LogP contribution in [0, 0.1) is 0 Å². The molecule has 0 aliphatic rings. The quantitative estimate of drug-likeness (QED) is 0.314. The number of aromatic hydroxyl groups is 1. The summed E-state index contributed by atoms with van der Waals surface area (Å²) in [6.07, 6.45) is 1.57. The second kappa shape index (κ2) is 7.59. The number of hydrazone groups is 1. The fraction of sp³-hybridized carbons (Fsp3) is 0.273. The highest BCUT2D eigenvalue weighted by atomic mass is 32.1. The molecule has 92 valence electrons. The van der Waals surface area contributed by atoms with Crippen molar-refractivity contribution in [3.05, 3.63) is 29.8 Å². The molecule has 0 fully saturated rings. The van der Waals surface area contributed by atoms with Crippen molar-refractivity contribution in [3.8, 4) is 5.75 Å². The van der Waals surface area contributed by atoms with E-state index in [0.717, 1.165) is 5.56 Å². The van der Waals surface area contributed by atoms with Gasteiger partial charge in [0.1, 0.15) is 5.75 Å². The topological polar surface area (TPSA) is 65.9 Å². The molecule has 0 amide bonds. The van der Waals surface area contributed by atoms with Crippen LogP contribution in [0.5, 0.6) is 5.75 Å². The Morgan fingerprint density at radius 3 is 3.12 bits per heavy atom. The Labute approximate surface area is 105 Å². The summed E-state index contributed by atoms with van der Waals surface area (Å²) in [6, 6.07) is 6.77. The first-order chi connectivity index (χ1) is 8.22. The maximum atomic E-state index is 9.23. The highest BCUT2D eigenvalue weighted by molar-refractivity contribution is 7.80. The van der Waals surface area contributed by atoms with E-state index in [1.165, 1.54) is 0 Å². The van der Waals surface area contributed by atoms with Crippen LogP contribution in [0.1, 0.15) is 5.56 Å². The molecule has 0 aromatic heterocycles. The van der Waals surface area contributed by atoms with Crippen LogP contribution in [0.15, 0.2) is 29.4 Å². The molecule has 17 heavy (non-hydrogen) atoms. The Morgan fingerprint density at radius 1 is 1.59 bits per heavy atom. The lowest BCUT2D eigenvalue weighted by Gasteiger charge is -2.05. The zero-order valence-electron chi connectivity index (χ0n) is 9.51. The zero-order chi connectivity index (χ0) is 12.5. The lowest BCUT2D eigenvalue weighted by Crippen LogP contribution is -2.34. The first-order valence-corrected chi connectivity index (χ1v) is 5.48. The molecule has 1 rings (SSSR count). The summed E-state index contributed by atoms with van der Waals surface area (Å²) in [6.45, 7) is 1.21. The van der Waals surface area contributed by atoms with Gasteiger partial charge in [-0.3, -0.25) is 5.43 Å². The minimum Gasteiger partial charge on any atom is -0.508 e. The van der Waals surface area contributed by atoms with E-state index < -0.39 is 0 Å². The van der Waals surface area contributed by atoms with Gasteiger partial charge in [-0.2, -0.15) is 5.10 Å². The summed E-state index contributed by atoms with van der Waals surface area (Å²) >= 11 is 4.97. The molecule has 5 nitrogen and oxygen atoms in total. The van der Waals surface area contributed by atoms with Crippen molar-refractivity contribution >= 4 is 23.5 Å². The van der Waals surface area contributed by atoms with Gasteiger partial charge < -0.3 is 15.2 Å². The third-order valence-electron chi connectivity index (χ3n) is 1.84. The van der Waals surface area contributed by atoms with Gasteiger partial charge >= 0.3 is 0 Å². The number of phenolic OH excluding ortho intramolecular Hbond substituents is 1. The summed E-state index contributed by atoms with van der Waals surface area (Å²) in [7, 11) is 1.62. The third kappa shape index (κ3) is 5.84. The van der Waals surface area contributed by atoms with Gasteiger partial charge in [-0.25, -0.2) is 0 Å². The Balaban J connectivity index is 2.32. The van der Waals surface area contributed by atoms with E-state index in [1.54, 1.807) is 31.5 Å². The molecule has 0 aliphatic heterocycles. The van der Waals surface area contributed by atoms with Gasteiger partial charge in [-0.15, -0.1) is 0 Å². The van der Waals surface area contributed by atoms with Gasteiger partial charge in [0.05, 0.1) is 12.8 Å². The minimum absolute atomic E-state index is 0.203. The van der Waals surface area contributed by atoms with Crippen LogP contribution in [-0.2, 0) is 4.74 Å². The summed E-state index contributed by atoms with van der Waals surface area (Å²) in [5.41, 5.74) is 3.45. The summed E-state index contributed by atoms with van der Waals surface area (Å²) in [5, 5.41) is 16.5. The Kier molecular flexibility index (Phi) is 5.98. The number of thiocarbonyl (C=S) groups is 1. The molecule has 0 atom stereocenters. The highest BCUT2D eigenvalue weighted by Crippen LogP contribution is 2.08. The van der Waals surface area contributed by atoms with Crippen molar-refractivity contribution < 1.29 is 9.84 Å². The number of hydrogen-bond acceptors (Lipinski definition) is 4. The molecule has 1 aromatic carbocycles. The molecule has 0 spiro atoms. The van der Waals surface area contributed by atoms with Crippen LogP contribution in [0.2, 0.25) is 0 Å². The minimum atomic E-state index is 0.203. The van der Waals surface area contributed by atoms with Crippen molar-refractivity contribution in [1.29, 1.82) is 0 Å². The zero-order valence-corrected chi connectivity index (χ0v) is 10.3. The first kappa shape index (κ1) is 13.4. The fourth-order valence-corrected chi connectivity index (χ4v) is 1.23. The van der Waals surface area contributed by atoms with Crippen molar-refractivity contribution in [2.24, 2.45) is 5.10 Å². The fourth-order valence-electron chi connectivity index (χ4n) is 1.08. The van der Waals surface area contributed by atoms with Crippen LogP contribution in [-0.4, -0.2) is 36.7 Å². The van der Waals surface area contributed by atoms with Crippen LogP contribution in [0.25, 0.3) is 0 Å². The van der Waals surface area contributed by atoms with E-state index in [2.05, 4.69) is 15.8 Å². The van der Waals surface area contributed by atoms with Crippen molar-refractivity contribution in [2.45, 2.75) is 0 Å². The molecular weight excluding hydrogens is 238 g/mol. The lowest BCUT2D eigenvalue weighted by molar-refractivity contribution is 0.204. The van der Waals surface area contributed by atoms with Crippen molar-refractivity contribution in [3.63, 3.8) is 0 Å². The van der Waals surface area contributed by atoms with Gasteiger partial charge in [-0.05, 0) is 29.9 Å². The van der Waals surface area contributed by atoms with E-state index in [9.17, 15) is 5.11 Å². The van der Waals surface area contributed by atoms with Gasteiger partial charge in [0.2, 0.25) is 0 Å². The maximum absolute atomic E-state index is 9.23. The largest absolute Gasteiger partial charge is 0.508 e. The summed E-state index contributed by atoms with van der Waals surface area (Å²) in [4.78, 5) is 0. The number of rotatable bonds is 5. The molecule has 6 heteroatoms. The van der Waals surface area contributed by atoms with Gasteiger partial charge in [0.25, 0.3) is 0 Å². The number of methoxy groups -OCH3 is 1. The predicted molar refractivity (Wildman–Crippen MR) is 71.3 cm³/mol. The maximum Gasteiger partial charge on any atom is 0.187 e. The second-order valence-electron chi connectivity index (χ2n) is 3.21. The number of hydrogen-bond donors (Lipinski definition) is 3. The van der Waals surface area contributed by atoms with Crippen molar-refractivity contribution in [2.75, 3.05) is 20.3 Å². The van der Waals surface area contributed by atoms with Gasteiger partial charge in [-0.1, -0.05) is 12.1 Å². The Hall–Kier alpha value is -1.66. The molecule has 1 aromatic rings. The molecule has 0 saturated heterocycles. The van der Waals surface area contributed by atoms with Crippen LogP contribution in [0.3, 0.4) is 0 Å². The molecule has 0 radical (unpaired) electrons.